The van der Waals surface area contributed by atoms with Crippen molar-refractivity contribution in [2.45, 2.75) is 122 Å². The standard InChI is InChI=1S/C37H49F3O/c1-3-5-7-9-28-11-17-31(18-12-28)33-21-15-30(16-22-33)27-41-37(39,40)36(38)35-25-23-34(24-26-35)32-19-13-29(14-20-32)10-8-6-4-2/h3-6,15-16,21-26,28-29,31-32,36H,7-14,17-20,27H2,1-2H3. The van der Waals surface area contributed by atoms with Crippen LogP contribution in [-0.2, 0) is 11.3 Å². The molecule has 0 amide bonds. The quantitative estimate of drug-likeness (QED) is 0.219. The molecule has 41 heavy (non-hydrogen) atoms. The molecule has 1 nitrogen and oxygen atoms in total. The molecule has 0 spiro atoms. The van der Waals surface area contributed by atoms with Crippen LogP contribution < -0.4 is 0 Å². The zero-order valence-electron chi connectivity index (χ0n) is 25.0. The van der Waals surface area contributed by atoms with Crippen molar-refractivity contribution in [3.05, 3.63) is 95.1 Å². The van der Waals surface area contributed by atoms with Gasteiger partial charge in [0.15, 0.2) is 0 Å². The van der Waals surface area contributed by atoms with Crippen LogP contribution in [0.4, 0.5) is 13.2 Å². The summed E-state index contributed by atoms with van der Waals surface area (Å²) in [6.07, 6.45) is 16.6. The molecule has 2 saturated carbocycles. The Bertz CT molecular complexity index is 1070. The van der Waals surface area contributed by atoms with Gasteiger partial charge in [0.1, 0.15) is 0 Å². The van der Waals surface area contributed by atoms with Gasteiger partial charge in [-0.3, -0.25) is 0 Å². The fourth-order valence-electron chi connectivity index (χ4n) is 6.84. The number of ether oxygens (including phenoxy) is 1. The number of rotatable bonds is 13. The molecule has 0 bridgehead atoms. The van der Waals surface area contributed by atoms with Crippen LogP contribution in [-0.4, -0.2) is 6.11 Å². The summed E-state index contributed by atoms with van der Waals surface area (Å²) in [6, 6.07) is 14.4. The molecule has 2 aromatic carbocycles. The summed E-state index contributed by atoms with van der Waals surface area (Å²) in [5.74, 6) is 2.53. The Labute approximate surface area is 246 Å². The minimum absolute atomic E-state index is 0.0320. The van der Waals surface area contributed by atoms with Gasteiger partial charge >= 0.3 is 6.11 Å². The molecule has 0 N–H and O–H groups in total. The lowest BCUT2D eigenvalue weighted by atomic mass is 9.77. The first-order chi connectivity index (χ1) is 19.9. The molecular weight excluding hydrogens is 517 g/mol. The fourth-order valence-corrected chi connectivity index (χ4v) is 6.84. The maximum atomic E-state index is 14.9. The van der Waals surface area contributed by atoms with E-state index in [1.54, 1.807) is 0 Å². The van der Waals surface area contributed by atoms with Gasteiger partial charge in [0.2, 0.25) is 6.17 Å². The molecular formula is C37H49F3O. The number of halogens is 3. The summed E-state index contributed by atoms with van der Waals surface area (Å²) in [4.78, 5) is 0. The second-order valence-corrected chi connectivity index (χ2v) is 12.3. The minimum atomic E-state index is -3.89. The lowest BCUT2D eigenvalue weighted by molar-refractivity contribution is -0.282. The van der Waals surface area contributed by atoms with Gasteiger partial charge in [0.05, 0.1) is 6.61 Å². The van der Waals surface area contributed by atoms with Crippen molar-refractivity contribution in [1.82, 2.24) is 0 Å². The van der Waals surface area contributed by atoms with Crippen LogP contribution in [0.3, 0.4) is 0 Å². The van der Waals surface area contributed by atoms with Gasteiger partial charge in [-0.25, -0.2) is 4.39 Å². The van der Waals surface area contributed by atoms with Gasteiger partial charge in [-0.2, -0.15) is 8.78 Å². The van der Waals surface area contributed by atoms with E-state index >= 15 is 0 Å². The number of hydrogen-bond donors (Lipinski definition) is 0. The molecule has 0 radical (unpaired) electrons. The smallest absolute Gasteiger partial charge is 0.313 e. The monoisotopic (exact) mass is 566 g/mol. The van der Waals surface area contributed by atoms with E-state index in [-0.39, 0.29) is 12.2 Å². The lowest BCUT2D eigenvalue weighted by Crippen LogP contribution is -2.27. The zero-order valence-corrected chi connectivity index (χ0v) is 25.0. The number of benzene rings is 2. The van der Waals surface area contributed by atoms with Crippen molar-refractivity contribution in [1.29, 1.82) is 0 Å². The van der Waals surface area contributed by atoms with Gasteiger partial charge in [-0.1, -0.05) is 72.8 Å². The average molecular weight is 567 g/mol. The molecule has 224 valence electrons. The summed E-state index contributed by atoms with van der Waals surface area (Å²) in [7, 11) is 0. The molecule has 0 saturated heterocycles. The average Bonchev–Trinajstić information content (AvgIpc) is 3.01. The minimum Gasteiger partial charge on any atom is -0.313 e. The Hall–Kier alpha value is -2.33. The largest absolute Gasteiger partial charge is 0.391 e. The van der Waals surface area contributed by atoms with Crippen LogP contribution in [0.5, 0.6) is 0 Å². The second kappa shape index (κ2) is 15.8. The van der Waals surface area contributed by atoms with E-state index in [9.17, 15) is 13.2 Å². The van der Waals surface area contributed by atoms with Crippen molar-refractivity contribution in [2.75, 3.05) is 0 Å². The van der Waals surface area contributed by atoms with Crippen LogP contribution in [0.1, 0.15) is 131 Å². The third-order valence-corrected chi connectivity index (χ3v) is 9.53. The second-order valence-electron chi connectivity index (χ2n) is 12.3. The Morgan fingerprint density at radius 3 is 1.59 bits per heavy atom. The van der Waals surface area contributed by atoms with E-state index < -0.39 is 12.3 Å². The molecule has 1 atom stereocenters. The Balaban J connectivity index is 1.23. The molecule has 2 fully saturated rings. The van der Waals surface area contributed by atoms with E-state index in [0.29, 0.717) is 17.4 Å². The molecule has 4 rings (SSSR count). The summed E-state index contributed by atoms with van der Waals surface area (Å²) >= 11 is 0. The highest BCUT2D eigenvalue weighted by Crippen LogP contribution is 2.41. The number of hydrogen-bond acceptors (Lipinski definition) is 1. The van der Waals surface area contributed by atoms with Crippen molar-refractivity contribution < 1.29 is 17.9 Å². The Morgan fingerprint density at radius 2 is 1.15 bits per heavy atom. The zero-order chi connectivity index (χ0) is 29.1. The van der Waals surface area contributed by atoms with E-state index in [4.69, 9.17) is 4.74 Å². The SMILES string of the molecule is CC=CCCC1CCC(c2ccc(COC(F)(F)C(F)c3ccc(C4CCC(CCC=CC)CC4)cc3)cc2)CC1. The highest BCUT2D eigenvalue weighted by molar-refractivity contribution is 5.28. The maximum Gasteiger partial charge on any atom is 0.391 e. The summed E-state index contributed by atoms with van der Waals surface area (Å²) < 4.78 is 49.3. The van der Waals surface area contributed by atoms with Crippen LogP contribution in [0, 0.1) is 11.8 Å². The molecule has 0 heterocycles. The van der Waals surface area contributed by atoms with Crippen LogP contribution >= 0.6 is 0 Å². The maximum absolute atomic E-state index is 14.9. The van der Waals surface area contributed by atoms with Gasteiger partial charge in [-0.15, -0.1) is 0 Å². The first-order valence-corrected chi connectivity index (χ1v) is 16.0. The predicted molar refractivity (Wildman–Crippen MR) is 164 cm³/mol. The van der Waals surface area contributed by atoms with Crippen molar-refractivity contribution in [3.63, 3.8) is 0 Å². The number of alkyl halides is 3. The first-order valence-electron chi connectivity index (χ1n) is 16.0. The summed E-state index contributed by atoms with van der Waals surface area (Å²) in [6.45, 7) is 3.81. The van der Waals surface area contributed by atoms with Gasteiger partial charge in [0, 0.05) is 0 Å². The molecule has 2 aliphatic carbocycles. The van der Waals surface area contributed by atoms with E-state index in [1.807, 2.05) is 36.4 Å². The molecule has 0 aromatic heterocycles. The normalized spacial score (nSPS) is 24.7. The Morgan fingerprint density at radius 1 is 0.707 bits per heavy atom. The third kappa shape index (κ3) is 9.33. The van der Waals surface area contributed by atoms with Gasteiger partial charge in [-0.05, 0) is 137 Å². The molecule has 2 aromatic rings. The molecule has 1 unspecified atom stereocenters. The van der Waals surface area contributed by atoms with E-state index in [0.717, 1.165) is 43.1 Å². The van der Waals surface area contributed by atoms with Crippen LogP contribution in [0.25, 0.3) is 0 Å². The number of allylic oxidation sites excluding steroid dienone is 4. The molecule has 2 aliphatic rings. The van der Waals surface area contributed by atoms with Crippen molar-refractivity contribution >= 4 is 0 Å². The lowest BCUT2D eigenvalue weighted by Gasteiger charge is -2.29. The first kappa shape index (κ1) is 31.6. The Kier molecular flexibility index (Phi) is 12.2. The van der Waals surface area contributed by atoms with Crippen LogP contribution in [0.15, 0.2) is 72.8 Å². The van der Waals surface area contributed by atoms with E-state index in [2.05, 4.69) is 38.2 Å². The van der Waals surface area contributed by atoms with Gasteiger partial charge < -0.3 is 4.74 Å². The van der Waals surface area contributed by atoms with Crippen LogP contribution in [0.2, 0.25) is 0 Å². The van der Waals surface area contributed by atoms with E-state index in [1.165, 1.54) is 69.1 Å². The third-order valence-electron chi connectivity index (χ3n) is 9.53. The molecule has 4 heteroatoms. The fraction of sp³-hybridized carbons (Fsp3) is 0.568. The van der Waals surface area contributed by atoms with Gasteiger partial charge in [0.25, 0.3) is 0 Å². The predicted octanol–water partition coefficient (Wildman–Crippen LogP) is 11.8. The highest BCUT2D eigenvalue weighted by Gasteiger charge is 2.43. The molecule has 0 aliphatic heterocycles. The topological polar surface area (TPSA) is 9.23 Å². The highest BCUT2D eigenvalue weighted by atomic mass is 19.3. The van der Waals surface area contributed by atoms with Crippen molar-refractivity contribution in [2.24, 2.45) is 11.8 Å². The van der Waals surface area contributed by atoms with Crippen molar-refractivity contribution in [3.8, 4) is 0 Å². The summed E-state index contributed by atoms with van der Waals surface area (Å²) in [5, 5.41) is 0. The summed E-state index contributed by atoms with van der Waals surface area (Å²) in [5.41, 5.74) is 2.99.